The molecule has 0 atom stereocenters. The van der Waals surface area contributed by atoms with Crippen LogP contribution in [0.3, 0.4) is 0 Å². The van der Waals surface area contributed by atoms with Gasteiger partial charge in [0.05, 0.1) is 5.01 Å². The first kappa shape index (κ1) is 12.2. The van der Waals surface area contributed by atoms with Gasteiger partial charge >= 0.3 is 0 Å². The topological polar surface area (TPSA) is 12.9 Å². The van der Waals surface area contributed by atoms with E-state index < -0.39 is 11.6 Å². The maximum Gasteiger partial charge on any atom is 0.126 e. The molecule has 90 valence electrons. The molecule has 0 unspecified atom stereocenters. The molecule has 1 aromatic heterocycles. The third kappa shape index (κ3) is 3.09. The SMILES string of the molecule is CC(C)c1cnc(Cc2cc(F)cc(F)c2)s1. The Hall–Kier alpha value is -1.29. The van der Waals surface area contributed by atoms with E-state index >= 15 is 0 Å². The summed E-state index contributed by atoms with van der Waals surface area (Å²) in [4.78, 5) is 5.46. The van der Waals surface area contributed by atoms with Crippen LogP contribution in [0.4, 0.5) is 8.78 Å². The van der Waals surface area contributed by atoms with Gasteiger partial charge in [-0.3, -0.25) is 0 Å². The molecule has 0 amide bonds. The number of thiazole rings is 1. The molecule has 0 spiro atoms. The van der Waals surface area contributed by atoms with Crippen LogP contribution >= 0.6 is 11.3 Å². The molecular weight excluding hydrogens is 240 g/mol. The highest BCUT2D eigenvalue weighted by Crippen LogP contribution is 2.23. The van der Waals surface area contributed by atoms with E-state index in [0.717, 1.165) is 11.1 Å². The Kier molecular flexibility index (Phi) is 3.52. The lowest BCUT2D eigenvalue weighted by Crippen LogP contribution is -1.90. The van der Waals surface area contributed by atoms with Gasteiger partial charge in [0.15, 0.2) is 0 Å². The molecule has 0 saturated carbocycles. The van der Waals surface area contributed by atoms with E-state index in [2.05, 4.69) is 18.8 Å². The van der Waals surface area contributed by atoms with Crippen molar-refractivity contribution in [2.75, 3.05) is 0 Å². The minimum absolute atomic E-state index is 0.436. The van der Waals surface area contributed by atoms with E-state index in [1.54, 1.807) is 11.3 Å². The fourth-order valence-corrected chi connectivity index (χ4v) is 2.52. The summed E-state index contributed by atoms with van der Waals surface area (Å²) in [5.41, 5.74) is 0.618. The zero-order valence-electron chi connectivity index (χ0n) is 9.71. The Morgan fingerprint density at radius 1 is 1.18 bits per heavy atom. The van der Waals surface area contributed by atoms with Gasteiger partial charge in [0.1, 0.15) is 11.6 Å². The molecule has 1 heterocycles. The van der Waals surface area contributed by atoms with Gasteiger partial charge in [0.25, 0.3) is 0 Å². The van der Waals surface area contributed by atoms with Gasteiger partial charge in [0, 0.05) is 23.6 Å². The quantitative estimate of drug-likeness (QED) is 0.801. The first-order chi connectivity index (χ1) is 8.04. The lowest BCUT2D eigenvalue weighted by atomic mass is 10.1. The van der Waals surface area contributed by atoms with Crippen molar-refractivity contribution in [3.8, 4) is 0 Å². The van der Waals surface area contributed by atoms with Crippen molar-refractivity contribution >= 4 is 11.3 Å². The standard InChI is InChI=1S/C13H13F2NS/c1-8(2)12-7-16-13(17-12)5-9-3-10(14)6-11(15)4-9/h3-4,6-8H,5H2,1-2H3. The van der Waals surface area contributed by atoms with E-state index in [1.165, 1.54) is 17.0 Å². The molecular formula is C13H13F2NS. The highest BCUT2D eigenvalue weighted by molar-refractivity contribution is 7.11. The Morgan fingerprint density at radius 3 is 2.35 bits per heavy atom. The lowest BCUT2D eigenvalue weighted by molar-refractivity contribution is 0.580. The van der Waals surface area contributed by atoms with Gasteiger partial charge in [0.2, 0.25) is 0 Å². The monoisotopic (exact) mass is 253 g/mol. The zero-order valence-corrected chi connectivity index (χ0v) is 10.5. The van der Waals surface area contributed by atoms with Crippen molar-refractivity contribution in [3.63, 3.8) is 0 Å². The number of benzene rings is 1. The minimum atomic E-state index is -0.541. The number of hydrogen-bond acceptors (Lipinski definition) is 2. The number of halogens is 2. The van der Waals surface area contributed by atoms with E-state index in [0.29, 0.717) is 17.9 Å². The lowest BCUT2D eigenvalue weighted by Gasteiger charge is -1.99. The number of rotatable bonds is 3. The van der Waals surface area contributed by atoms with Gasteiger partial charge in [-0.25, -0.2) is 13.8 Å². The van der Waals surface area contributed by atoms with E-state index in [-0.39, 0.29) is 0 Å². The summed E-state index contributed by atoms with van der Waals surface area (Å²) in [6.45, 7) is 4.19. The van der Waals surface area contributed by atoms with Crippen LogP contribution in [0, 0.1) is 11.6 Å². The molecule has 0 N–H and O–H groups in total. The molecule has 0 radical (unpaired) electrons. The normalized spacial score (nSPS) is 11.1. The summed E-state index contributed by atoms with van der Waals surface area (Å²) in [5.74, 6) is -0.647. The molecule has 0 aliphatic rings. The van der Waals surface area contributed by atoms with Crippen molar-refractivity contribution in [1.82, 2.24) is 4.98 Å². The zero-order chi connectivity index (χ0) is 12.4. The molecule has 0 aliphatic heterocycles. The summed E-state index contributed by atoms with van der Waals surface area (Å²) in [6.07, 6.45) is 2.31. The molecule has 0 fully saturated rings. The highest BCUT2D eigenvalue weighted by Gasteiger charge is 2.07. The van der Waals surface area contributed by atoms with Crippen molar-refractivity contribution in [3.05, 3.63) is 51.5 Å². The summed E-state index contributed by atoms with van der Waals surface area (Å²) in [7, 11) is 0. The van der Waals surface area contributed by atoms with Crippen LogP contribution in [-0.4, -0.2) is 4.98 Å². The first-order valence-electron chi connectivity index (χ1n) is 5.44. The summed E-state index contributed by atoms with van der Waals surface area (Å²) < 4.78 is 26.0. The van der Waals surface area contributed by atoms with Gasteiger partial charge in [-0.1, -0.05) is 13.8 Å². The number of aromatic nitrogens is 1. The van der Waals surface area contributed by atoms with Crippen LogP contribution in [0.5, 0.6) is 0 Å². The van der Waals surface area contributed by atoms with Crippen LogP contribution < -0.4 is 0 Å². The second kappa shape index (κ2) is 4.92. The van der Waals surface area contributed by atoms with Crippen molar-refractivity contribution < 1.29 is 8.78 Å². The van der Waals surface area contributed by atoms with Crippen LogP contribution in [0.15, 0.2) is 24.4 Å². The smallest absolute Gasteiger partial charge is 0.126 e. The molecule has 0 saturated heterocycles. The van der Waals surface area contributed by atoms with Crippen LogP contribution in [0.1, 0.15) is 35.2 Å². The Morgan fingerprint density at radius 2 is 1.82 bits per heavy atom. The van der Waals surface area contributed by atoms with E-state index in [4.69, 9.17) is 0 Å². The maximum absolute atomic E-state index is 13.0. The number of hydrogen-bond donors (Lipinski definition) is 0. The van der Waals surface area contributed by atoms with Gasteiger partial charge in [-0.15, -0.1) is 11.3 Å². The molecule has 1 aromatic carbocycles. The van der Waals surface area contributed by atoms with Crippen molar-refractivity contribution in [2.24, 2.45) is 0 Å². The third-order valence-electron chi connectivity index (χ3n) is 2.42. The fourth-order valence-electron chi connectivity index (χ4n) is 1.56. The average molecular weight is 253 g/mol. The van der Waals surface area contributed by atoms with Crippen molar-refractivity contribution in [2.45, 2.75) is 26.2 Å². The third-order valence-corrected chi connectivity index (χ3v) is 3.72. The van der Waals surface area contributed by atoms with Gasteiger partial charge in [-0.2, -0.15) is 0 Å². The largest absolute Gasteiger partial charge is 0.249 e. The predicted octanol–water partition coefficient (Wildman–Crippen LogP) is 4.14. The van der Waals surface area contributed by atoms with Crippen LogP contribution in [0.25, 0.3) is 0 Å². The van der Waals surface area contributed by atoms with Crippen LogP contribution in [-0.2, 0) is 6.42 Å². The van der Waals surface area contributed by atoms with Gasteiger partial charge in [-0.05, 0) is 23.6 Å². The molecule has 1 nitrogen and oxygen atoms in total. The first-order valence-corrected chi connectivity index (χ1v) is 6.26. The van der Waals surface area contributed by atoms with Gasteiger partial charge < -0.3 is 0 Å². The molecule has 2 aromatic rings. The number of nitrogens with zero attached hydrogens (tertiary/aromatic N) is 1. The summed E-state index contributed by atoms with van der Waals surface area (Å²) in [5, 5.41) is 0.888. The Labute approximate surface area is 103 Å². The Balaban J connectivity index is 2.19. The highest BCUT2D eigenvalue weighted by atomic mass is 32.1. The van der Waals surface area contributed by atoms with Crippen LogP contribution in [0.2, 0.25) is 0 Å². The summed E-state index contributed by atoms with van der Waals surface area (Å²) >= 11 is 1.59. The average Bonchev–Trinajstić information content (AvgIpc) is 2.64. The molecule has 0 bridgehead atoms. The summed E-state index contributed by atoms with van der Waals surface area (Å²) in [6, 6.07) is 3.57. The fraction of sp³-hybridized carbons (Fsp3) is 0.308. The second-order valence-corrected chi connectivity index (χ2v) is 5.41. The minimum Gasteiger partial charge on any atom is -0.249 e. The van der Waals surface area contributed by atoms with E-state index in [9.17, 15) is 8.78 Å². The maximum atomic E-state index is 13.0. The molecule has 17 heavy (non-hydrogen) atoms. The van der Waals surface area contributed by atoms with E-state index in [1.807, 2.05) is 6.20 Å². The Bertz CT molecular complexity index is 500. The second-order valence-electron chi connectivity index (χ2n) is 4.27. The van der Waals surface area contributed by atoms with Crippen molar-refractivity contribution in [1.29, 1.82) is 0 Å². The predicted molar refractivity (Wildman–Crippen MR) is 65.4 cm³/mol. The molecule has 0 aliphatic carbocycles. The molecule has 4 heteroatoms. The molecule has 2 rings (SSSR count).